The highest BCUT2D eigenvalue weighted by Gasteiger charge is 2.34. The maximum Gasteiger partial charge on any atom is 0.449 e. The van der Waals surface area contributed by atoms with Crippen LogP contribution in [0.1, 0.15) is 48.3 Å². The summed E-state index contributed by atoms with van der Waals surface area (Å²) in [7, 11) is 0. The average molecular weight is 311 g/mol. The number of benzene rings is 1. The lowest BCUT2D eigenvalue weighted by Gasteiger charge is -2.22. The highest BCUT2D eigenvalue weighted by atomic mass is 19.4. The highest BCUT2D eigenvalue weighted by molar-refractivity contribution is 5.97. The van der Waals surface area contributed by atoms with Crippen molar-refractivity contribution in [2.24, 2.45) is 0 Å². The molecule has 1 aromatic carbocycles. The van der Waals surface area contributed by atoms with Gasteiger partial charge in [0.15, 0.2) is 0 Å². The van der Waals surface area contributed by atoms with Gasteiger partial charge in [0.2, 0.25) is 5.82 Å². The zero-order chi connectivity index (χ0) is 15.7. The molecule has 1 aliphatic carbocycles. The molecular formula is C15H16F3N3O. The van der Waals surface area contributed by atoms with Gasteiger partial charge in [0.05, 0.1) is 11.0 Å². The van der Waals surface area contributed by atoms with E-state index in [4.69, 9.17) is 0 Å². The van der Waals surface area contributed by atoms with Gasteiger partial charge in [-0.15, -0.1) is 0 Å². The van der Waals surface area contributed by atoms with E-state index in [0.717, 1.165) is 25.7 Å². The van der Waals surface area contributed by atoms with Gasteiger partial charge in [-0.1, -0.05) is 19.3 Å². The number of hydrogen-bond acceptors (Lipinski definition) is 2. The second kappa shape index (κ2) is 5.62. The molecule has 0 atom stereocenters. The number of nitrogens with one attached hydrogen (secondary N) is 2. The molecule has 0 aliphatic heterocycles. The third kappa shape index (κ3) is 3.08. The lowest BCUT2D eigenvalue weighted by atomic mass is 9.95. The van der Waals surface area contributed by atoms with Crippen molar-refractivity contribution < 1.29 is 18.0 Å². The molecule has 4 nitrogen and oxygen atoms in total. The van der Waals surface area contributed by atoms with Gasteiger partial charge < -0.3 is 10.3 Å². The molecule has 1 amide bonds. The first-order valence-electron chi connectivity index (χ1n) is 7.31. The minimum absolute atomic E-state index is 0.157. The van der Waals surface area contributed by atoms with Crippen molar-refractivity contribution in [2.45, 2.75) is 44.3 Å². The van der Waals surface area contributed by atoms with E-state index >= 15 is 0 Å². The number of aromatic nitrogens is 2. The van der Waals surface area contributed by atoms with Crippen LogP contribution < -0.4 is 5.32 Å². The number of H-pyrrole nitrogens is 1. The molecule has 2 N–H and O–H groups in total. The van der Waals surface area contributed by atoms with Crippen LogP contribution in [-0.2, 0) is 6.18 Å². The van der Waals surface area contributed by atoms with E-state index < -0.39 is 12.0 Å². The molecule has 1 aliphatic rings. The minimum atomic E-state index is -4.52. The van der Waals surface area contributed by atoms with Crippen molar-refractivity contribution in [3.8, 4) is 0 Å². The van der Waals surface area contributed by atoms with E-state index in [9.17, 15) is 18.0 Å². The summed E-state index contributed by atoms with van der Waals surface area (Å²) in [6.45, 7) is 0. The Bertz CT molecular complexity index is 687. The third-order valence-electron chi connectivity index (χ3n) is 3.95. The van der Waals surface area contributed by atoms with Crippen molar-refractivity contribution >= 4 is 16.9 Å². The SMILES string of the molecule is O=C(NC1CCCCC1)c1ccc2nc(C(F)(F)F)[nH]c2c1. The highest BCUT2D eigenvalue weighted by Crippen LogP contribution is 2.28. The molecule has 1 saturated carbocycles. The van der Waals surface area contributed by atoms with Crippen LogP contribution in [0.2, 0.25) is 0 Å². The molecule has 0 saturated heterocycles. The van der Waals surface area contributed by atoms with Crippen LogP contribution in [-0.4, -0.2) is 21.9 Å². The number of fused-ring (bicyclic) bond motifs is 1. The Hall–Kier alpha value is -2.05. The van der Waals surface area contributed by atoms with Gasteiger partial charge in [-0.3, -0.25) is 4.79 Å². The van der Waals surface area contributed by atoms with Crippen LogP contribution in [0.3, 0.4) is 0 Å². The van der Waals surface area contributed by atoms with Gasteiger partial charge in [0.25, 0.3) is 5.91 Å². The molecule has 3 rings (SSSR count). The molecule has 7 heteroatoms. The summed E-state index contributed by atoms with van der Waals surface area (Å²) in [4.78, 5) is 17.9. The number of rotatable bonds is 2. The first-order chi connectivity index (χ1) is 10.4. The lowest BCUT2D eigenvalue weighted by Crippen LogP contribution is -2.36. The Balaban J connectivity index is 1.80. The first kappa shape index (κ1) is 14.9. The number of hydrogen-bond donors (Lipinski definition) is 2. The maximum absolute atomic E-state index is 12.6. The zero-order valence-electron chi connectivity index (χ0n) is 11.8. The second-order valence-electron chi connectivity index (χ2n) is 5.62. The van der Waals surface area contributed by atoms with Gasteiger partial charge in [-0.2, -0.15) is 13.2 Å². The normalized spacial score (nSPS) is 16.9. The predicted octanol–water partition coefficient (Wildman–Crippen LogP) is 3.64. The van der Waals surface area contributed by atoms with E-state index in [1.54, 1.807) is 0 Å². The van der Waals surface area contributed by atoms with E-state index in [1.807, 2.05) is 0 Å². The Labute approximate surface area is 125 Å². The number of alkyl halides is 3. The fourth-order valence-electron chi connectivity index (χ4n) is 2.80. The number of nitrogens with zero attached hydrogens (tertiary/aromatic N) is 1. The Kier molecular flexibility index (Phi) is 3.80. The first-order valence-corrected chi connectivity index (χ1v) is 7.31. The number of imidazole rings is 1. The molecule has 2 aromatic rings. The minimum Gasteiger partial charge on any atom is -0.349 e. The summed E-state index contributed by atoms with van der Waals surface area (Å²) < 4.78 is 37.9. The van der Waals surface area contributed by atoms with Crippen molar-refractivity contribution in [3.63, 3.8) is 0 Å². The Morgan fingerprint density at radius 2 is 1.95 bits per heavy atom. The van der Waals surface area contributed by atoms with E-state index in [0.29, 0.717) is 5.56 Å². The fourth-order valence-corrected chi connectivity index (χ4v) is 2.80. The maximum atomic E-state index is 12.6. The molecule has 1 heterocycles. The molecule has 118 valence electrons. The monoisotopic (exact) mass is 311 g/mol. The Morgan fingerprint density at radius 3 is 2.64 bits per heavy atom. The van der Waals surface area contributed by atoms with Crippen molar-refractivity contribution in [1.82, 2.24) is 15.3 Å². The topological polar surface area (TPSA) is 57.8 Å². The molecule has 0 bridgehead atoms. The van der Waals surface area contributed by atoms with Gasteiger partial charge in [0.1, 0.15) is 0 Å². The quantitative estimate of drug-likeness (QED) is 0.889. The molecular weight excluding hydrogens is 295 g/mol. The van der Waals surface area contributed by atoms with Gasteiger partial charge in [-0.25, -0.2) is 4.98 Å². The number of amides is 1. The molecule has 1 aromatic heterocycles. The Morgan fingerprint density at radius 1 is 1.23 bits per heavy atom. The summed E-state index contributed by atoms with van der Waals surface area (Å²) in [5, 5.41) is 2.94. The number of carbonyl (C=O) groups excluding carboxylic acids is 1. The summed E-state index contributed by atoms with van der Waals surface area (Å²) >= 11 is 0. The molecule has 1 fully saturated rings. The lowest BCUT2D eigenvalue weighted by molar-refractivity contribution is -0.144. The van der Waals surface area contributed by atoms with Crippen molar-refractivity contribution in [1.29, 1.82) is 0 Å². The van der Waals surface area contributed by atoms with E-state index in [2.05, 4.69) is 15.3 Å². The standard InChI is InChI=1S/C15H16F3N3O/c16-15(17,18)14-20-11-7-6-9(8-12(11)21-14)13(22)19-10-4-2-1-3-5-10/h6-8,10H,1-5H2,(H,19,22)(H,20,21). The van der Waals surface area contributed by atoms with Gasteiger partial charge in [-0.05, 0) is 31.0 Å². The smallest absolute Gasteiger partial charge is 0.349 e. The number of carbonyl (C=O) groups is 1. The molecule has 22 heavy (non-hydrogen) atoms. The van der Waals surface area contributed by atoms with Crippen LogP contribution in [0.15, 0.2) is 18.2 Å². The van der Waals surface area contributed by atoms with Crippen LogP contribution in [0.4, 0.5) is 13.2 Å². The van der Waals surface area contributed by atoms with Crippen LogP contribution in [0, 0.1) is 0 Å². The fraction of sp³-hybridized carbons (Fsp3) is 0.467. The van der Waals surface area contributed by atoms with Crippen LogP contribution >= 0.6 is 0 Å². The largest absolute Gasteiger partial charge is 0.449 e. The van der Waals surface area contributed by atoms with Gasteiger partial charge in [0, 0.05) is 11.6 Å². The summed E-state index contributed by atoms with van der Waals surface area (Å²) in [6, 6.07) is 4.50. The summed E-state index contributed by atoms with van der Waals surface area (Å²) in [5.41, 5.74) is 0.751. The molecule has 0 radical (unpaired) electrons. The zero-order valence-corrected chi connectivity index (χ0v) is 11.8. The van der Waals surface area contributed by atoms with Gasteiger partial charge >= 0.3 is 6.18 Å². The average Bonchev–Trinajstić information content (AvgIpc) is 2.91. The molecule has 0 spiro atoms. The van der Waals surface area contributed by atoms with Crippen LogP contribution in [0.25, 0.3) is 11.0 Å². The second-order valence-corrected chi connectivity index (χ2v) is 5.62. The van der Waals surface area contributed by atoms with E-state index in [-0.39, 0.29) is 23.0 Å². The predicted molar refractivity (Wildman–Crippen MR) is 75.4 cm³/mol. The molecule has 0 unspecified atom stereocenters. The van der Waals surface area contributed by atoms with E-state index in [1.165, 1.54) is 24.6 Å². The van der Waals surface area contributed by atoms with Crippen LogP contribution in [0.5, 0.6) is 0 Å². The summed E-state index contributed by atoms with van der Waals surface area (Å²) in [6.07, 6.45) is 0.766. The summed E-state index contributed by atoms with van der Waals surface area (Å²) in [5.74, 6) is -1.30. The van der Waals surface area contributed by atoms with Crippen molar-refractivity contribution in [3.05, 3.63) is 29.6 Å². The third-order valence-corrected chi connectivity index (χ3v) is 3.95. The number of aromatic amines is 1. The van der Waals surface area contributed by atoms with Crippen molar-refractivity contribution in [2.75, 3.05) is 0 Å². The number of halogens is 3.